The van der Waals surface area contributed by atoms with E-state index in [1.807, 2.05) is 0 Å². The second-order valence-corrected chi connectivity index (χ2v) is 7.03. The van der Waals surface area contributed by atoms with Crippen molar-refractivity contribution in [3.05, 3.63) is 69.9 Å². The maximum absolute atomic E-state index is 13.4. The number of rotatable bonds is 4. The molecule has 30 heavy (non-hydrogen) atoms. The molecule has 0 aliphatic heterocycles. The lowest BCUT2D eigenvalue weighted by molar-refractivity contribution is -0.137. The highest BCUT2D eigenvalue weighted by molar-refractivity contribution is 6.35. The minimum Gasteiger partial charge on any atom is -0.451 e. The van der Waals surface area contributed by atoms with Gasteiger partial charge >= 0.3 is 6.18 Å². The quantitative estimate of drug-likeness (QED) is 0.471. The molecule has 0 spiro atoms. The molecule has 0 saturated carbocycles. The highest BCUT2D eigenvalue weighted by atomic mass is 35.5. The van der Waals surface area contributed by atoms with E-state index in [1.54, 1.807) is 12.1 Å². The van der Waals surface area contributed by atoms with Crippen molar-refractivity contribution in [3.63, 3.8) is 0 Å². The number of nitrogens with one attached hydrogen (secondary N) is 2. The first-order valence-corrected chi connectivity index (χ1v) is 9.15. The lowest BCUT2D eigenvalue weighted by atomic mass is 10.1. The van der Waals surface area contributed by atoms with Crippen molar-refractivity contribution in [3.8, 4) is 11.3 Å². The summed E-state index contributed by atoms with van der Waals surface area (Å²) in [5.74, 6) is -1.41. The average Bonchev–Trinajstić information content (AvgIpc) is 3.13. The molecule has 2 amide bonds. The van der Waals surface area contributed by atoms with Gasteiger partial charge in [-0.05, 0) is 48.5 Å². The van der Waals surface area contributed by atoms with E-state index < -0.39 is 29.2 Å². The van der Waals surface area contributed by atoms with E-state index >= 15 is 0 Å². The summed E-state index contributed by atoms with van der Waals surface area (Å²) in [4.78, 5) is 23.5. The Balaban J connectivity index is 1.88. The Morgan fingerprint density at radius 2 is 1.70 bits per heavy atom. The SMILES string of the molecule is CC(=O)Nc1ccc(NC(=O)c2ccc(-c3cc(Cl)ccc3Cl)o2)c(C(F)(F)F)c1. The van der Waals surface area contributed by atoms with Crippen LogP contribution in [-0.4, -0.2) is 11.8 Å². The van der Waals surface area contributed by atoms with Crippen LogP contribution in [0.4, 0.5) is 24.5 Å². The molecule has 3 rings (SSSR count). The van der Waals surface area contributed by atoms with Gasteiger partial charge in [0.25, 0.3) is 5.91 Å². The monoisotopic (exact) mass is 456 g/mol. The summed E-state index contributed by atoms with van der Waals surface area (Å²) in [7, 11) is 0. The second kappa shape index (κ2) is 8.41. The largest absolute Gasteiger partial charge is 0.451 e. The van der Waals surface area contributed by atoms with Gasteiger partial charge in [0.15, 0.2) is 5.76 Å². The molecule has 0 radical (unpaired) electrons. The van der Waals surface area contributed by atoms with E-state index in [2.05, 4.69) is 10.6 Å². The molecule has 5 nitrogen and oxygen atoms in total. The molecule has 2 N–H and O–H groups in total. The number of amides is 2. The molecule has 0 bridgehead atoms. The molecular formula is C20H13Cl2F3N2O3. The standard InChI is InChI=1S/C20H13Cl2F3N2O3/c1-10(28)26-12-3-5-16(14(9-12)20(23,24)25)27-19(29)18-7-6-17(30-18)13-8-11(21)2-4-15(13)22/h2-9H,1H3,(H,26,28)(H,27,29). The van der Waals surface area contributed by atoms with E-state index in [0.29, 0.717) is 15.6 Å². The smallest absolute Gasteiger partial charge is 0.418 e. The fourth-order valence-corrected chi connectivity index (χ4v) is 3.03. The van der Waals surface area contributed by atoms with Gasteiger partial charge in [-0.1, -0.05) is 23.2 Å². The predicted octanol–water partition coefficient (Wildman–Crippen LogP) is 6.48. The number of carbonyl (C=O) groups excluding carboxylic acids is 2. The summed E-state index contributed by atoms with van der Waals surface area (Å²) < 4.78 is 45.7. The molecule has 0 saturated heterocycles. The van der Waals surface area contributed by atoms with Crippen LogP contribution in [0.25, 0.3) is 11.3 Å². The van der Waals surface area contributed by atoms with Crippen LogP contribution in [-0.2, 0) is 11.0 Å². The summed E-state index contributed by atoms with van der Waals surface area (Å²) in [6.07, 6.45) is -4.76. The molecule has 156 valence electrons. The van der Waals surface area contributed by atoms with Crippen LogP contribution in [0.5, 0.6) is 0 Å². The van der Waals surface area contributed by atoms with Crippen LogP contribution < -0.4 is 10.6 Å². The highest BCUT2D eigenvalue weighted by Gasteiger charge is 2.34. The number of anilines is 2. The third-order valence-corrected chi connectivity index (χ3v) is 4.48. The summed E-state index contributed by atoms with van der Waals surface area (Å²) in [5.41, 5.74) is -1.23. The maximum Gasteiger partial charge on any atom is 0.418 e. The van der Waals surface area contributed by atoms with Gasteiger partial charge in [-0.2, -0.15) is 13.2 Å². The van der Waals surface area contributed by atoms with Crippen molar-refractivity contribution in [2.45, 2.75) is 13.1 Å². The Labute approximate surface area is 178 Å². The summed E-state index contributed by atoms with van der Waals surface area (Å²) in [6.45, 7) is 1.17. The van der Waals surface area contributed by atoms with E-state index in [-0.39, 0.29) is 17.2 Å². The molecule has 1 aromatic heterocycles. The zero-order chi connectivity index (χ0) is 22.1. The molecule has 10 heteroatoms. The third kappa shape index (κ3) is 4.95. The number of benzene rings is 2. The van der Waals surface area contributed by atoms with Crippen molar-refractivity contribution in [2.75, 3.05) is 10.6 Å². The first-order valence-electron chi connectivity index (χ1n) is 8.40. The zero-order valence-electron chi connectivity index (χ0n) is 15.2. The Bertz CT molecular complexity index is 1130. The molecule has 0 unspecified atom stereocenters. The lowest BCUT2D eigenvalue weighted by Gasteiger charge is -2.15. The van der Waals surface area contributed by atoms with Gasteiger partial charge in [0, 0.05) is 23.2 Å². The molecule has 0 aliphatic carbocycles. The Kier molecular flexibility index (Phi) is 6.09. The van der Waals surface area contributed by atoms with Gasteiger partial charge in [-0.15, -0.1) is 0 Å². The Hall–Kier alpha value is -2.97. The van der Waals surface area contributed by atoms with Crippen LogP contribution in [0.2, 0.25) is 10.0 Å². The van der Waals surface area contributed by atoms with Crippen LogP contribution >= 0.6 is 23.2 Å². The number of furan rings is 1. The number of hydrogen-bond acceptors (Lipinski definition) is 3. The first kappa shape index (κ1) is 21.7. The summed E-state index contributed by atoms with van der Waals surface area (Å²) in [6, 6.07) is 10.4. The summed E-state index contributed by atoms with van der Waals surface area (Å²) in [5, 5.41) is 5.17. The normalized spacial score (nSPS) is 11.3. The molecule has 0 atom stereocenters. The number of halogens is 5. The fraction of sp³-hybridized carbons (Fsp3) is 0.100. The first-order chi connectivity index (χ1) is 14.0. The minimum absolute atomic E-state index is 0.0521. The molecule has 0 fully saturated rings. The lowest BCUT2D eigenvalue weighted by Crippen LogP contribution is -2.17. The van der Waals surface area contributed by atoms with Crippen molar-refractivity contribution < 1.29 is 27.2 Å². The molecule has 0 aliphatic rings. The van der Waals surface area contributed by atoms with Crippen LogP contribution in [0, 0.1) is 0 Å². The van der Waals surface area contributed by atoms with Gasteiger partial charge < -0.3 is 15.1 Å². The van der Waals surface area contributed by atoms with E-state index in [0.717, 1.165) is 12.1 Å². The van der Waals surface area contributed by atoms with Crippen molar-refractivity contribution in [1.29, 1.82) is 0 Å². The number of hydrogen-bond donors (Lipinski definition) is 2. The molecular weight excluding hydrogens is 444 g/mol. The van der Waals surface area contributed by atoms with Gasteiger partial charge in [-0.3, -0.25) is 9.59 Å². The second-order valence-electron chi connectivity index (χ2n) is 6.18. The van der Waals surface area contributed by atoms with Gasteiger partial charge in [-0.25, -0.2) is 0 Å². The summed E-state index contributed by atoms with van der Waals surface area (Å²) >= 11 is 12.0. The van der Waals surface area contributed by atoms with Crippen LogP contribution in [0.15, 0.2) is 52.9 Å². The molecule has 3 aromatic rings. The molecule has 2 aromatic carbocycles. The van der Waals surface area contributed by atoms with Gasteiger partial charge in [0.2, 0.25) is 5.91 Å². The van der Waals surface area contributed by atoms with Crippen molar-refractivity contribution in [2.24, 2.45) is 0 Å². The minimum atomic E-state index is -4.76. The number of alkyl halides is 3. The van der Waals surface area contributed by atoms with E-state index in [4.69, 9.17) is 27.6 Å². The fourth-order valence-electron chi connectivity index (χ4n) is 2.64. The van der Waals surface area contributed by atoms with Crippen LogP contribution in [0.1, 0.15) is 23.0 Å². The van der Waals surface area contributed by atoms with E-state index in [9.17, 15) is 22.8 Å². The Morgan fingerprint density at radius 3 is 2.37 bits per heavy atom. The van der Waals surface area contributed by atoms with Crippen LogP contribution in [0.3, 0.4) is 0 Å². The van der Waals surface area contributed by atoms with Crippen molar-refractivity contribution in [1.82, 2.24) is 0 Å². The predicted molar refractivity (Wildman–Crippen MR) is 108 cm³/mol. The average molecular weight is 457 g/mol. The van der Waals surface area contributed by atoms with Crippen molar-refractivity contribution >= 4 is 46.4 Å². The maximum atomic E-state index is 13.4. The zero-order valence-corrected chi connectivity index (χ0v) is 16.7. The van der Waals surface area contributed by atoms with Gasteiger partial charge in [0.05, 0.1) is 16.3 Å². The Morgan fingerprint density at radius 1 is 0.967 bits per heavy atom. The third-order valence-electron chi connectivity index (χ3n) is 3.92. The van der Waals surface area contributed by atoms with Gasteiger partial charge in [0.1, 0.15) is 5.76 Å². The van der Waals surface area contributed by atoms with E-state index in [1.165, 1.54) is 31.2 Å². The molecule has 1 heterocycles. The topological polar surface area (TPSA) is 71.3 Å². The highest BCUT2D eigenvalue weighted by Crippen LogP contribution is 2.37. The number of carbonyl (C=O) groups is 2.